The molecule has 1 heterocycles. The van der Waals surface area contributed by atoms with E-state index in [2.05, 4.69) is 5.32 Å². The van der Waals surface area contributed by atoms with Gasteiger partial charge in [0.2, 0.25) is 0 Å². The molecule has 0 aromatic rings. The largest absolute Gasteiger partial charge is 0.314 e. The molecule has 0 aromatic heterocycles. The molecular weight excluding hydrogens is 181 g/mol. The molecule has 0 saturated carbocycles. The Hall–Kier alpha value is -0.160. The predicted molar refractivity (Wildman–Crippen MR) is 45.1 cm³/mol. The van der Waals surface area contributed by atoms with Crippen LogP contribution in [0, 0.1) is 5.92 Å². The van der Waals surface area contributed by atoms with Gasteiger partial charge >= 0.3 is 10.2 Å². The topological polar surface area (TPSA) is 46.2 Å². The van der Waals surface area contributed by atoms with Gasteiger partial charge in [0, 0.05) is 6.04 Å². The minimum atomic E-state index is -4.27. The Labute approximate surface area is 72.6 Å². The fourth-order valence-corrected chi connectivity index (χ4v) is 2.53. The SMILES string of the molecule is CC1CC(CS(=O)(=O)F)CCN1. The third-order valence-electron chi connectivity index (χ3n) is 2.17. The average Bonchev–Trinajstić information content (AvgIpc) is 1.82. The van der Waals surface area contributed by atoms with Crippen LogP contribution in [0.4, 0.5) is 3.89 Å². The number of piperidine rings is 1. The van der Waals surface area contributed by atoms with E-state index >= 15 is 0 Å². The second kappa shape index (κ2) is 3.70. The van der Waals surface area contributed by atoms with E-state index in [9.17, 15) is 12.3 Å². The van der Waals surface area contributed by atoms with Crippen molar-refractivity contribution in [3.63, 3.8) is 0 Å². The van der Waals surface area contributed by atoms with Crippen molar-refractivity contribution in [3.05, 3.63) is 0 Å². The Morgan fingerprint density at radius 3 is 2.75 bits per heavy atom. The monoisotopic (exact) mass is 195 g/mol. The lowest BCUT2D eigenvalue weighted by molar-refractivity contribution is 0.334. The maximum atomic E-state index is 12.3. The van der Waals surface area contributed by atoms with Gasteiger partial charge in [-0.15, -0.1) is 3.89 Å². The molecule has 1 fully saturated rings. The van der Waals surface area contributed by atoms with Crippen LogP contribution in [0.15, 0.2) is 0 Å². The fourth-order valence-electron chi connectivity index (χ4n) is 1.67. The molecule has 0 radical (unpaired) electrons. The average molecular weight is 195 g/mol. The second-order valence-corrected chi connectivity index (χ2v) is 4.86. The first-order chi connectivity index (χ1) is 5.47. The minimum absolute atomic E-state index is 0.00347. The summed E-state index contributed by atoms with van der Waals surface area (Å²) >= 11 is 0. The van der Waals surface area contributed by atoms with E-state index in [-0.39, 0.29) is 11.7 Å². The molecule has 1 rings (SSSR count). The highest BCUT2D eigenvalue weighted by Crippen LogP contribution is 2.18. The Bertz CT molecular complexity index is 240. The third-order valence-corrected chi connectivity index (χ3v) is 3.04. The molecular formula is C7H14FNO2S. The van der Waals surface area contributed by atoms with Gasteiger partial charge in [-0.2, -0.15) is 8.42 Å². The maximum absolute atomic E-state index is 12.3. The van der Waals surface area contributed by atoms with Crippen LogP contribution in [-0.4, -0.2) is 26.8 Å². The summed E-state index contributed by atoms with van der Waals surface area (Å²) in [6.45, 7) is 2.78. The molecule has 0 bridgehead atoms. The summed E-state index contributed by atoms with van der Waals surface area (Å²) in [7, 11) is -4.27. The third kappa shape index (κ3) is 3.49. The molecule has 0 aliphatic carbocycles. The van der Waals surface area contributed by atoms with Gasteiger partial charge in [-0.05, 0) is 32.2 Å². The van der Waals surface area contributed by atoms with Gasteiger partial charge in [-0.1, -0.05) is 0 Å². The fraction of sp³-hybridized carbons (Fsp3) is 1.00. The number of rotatable bonds is 2. The molecule has 12 heavy (non-hydrogen) atoms. The van der Waals surface area contributed by atoms with Crippen LogP contribution in [0.1, 0.15) is 19.8 Å². The van der Waals surface area contributed by atoms with Crippen molar-refractivity contribution in [2.75, 3.05) is 12.3 Å². The summed E-state index contributed by atoms with van der Waals surface area (Å²) in [5.41, 5.74) is 0. The van der Waals surface area contributed by atoms with E-state index < -0.39 is 10.2 Å². The molecule has 1 saturated heterocycles. The zero-order valence-corrected chi connectivity index (χ0v) is 7.90. The predicted octanol–water partition coefficient (Wildman–Crippen LogP) is 0.674. The molecule has 0 amide bonds. The first-order valence-electron chi connectivity index (χ1n) is 4.13. The number of hydrogen-bond donors (Lipinski definition) is 1. The Morgan fingerprint density at radius 1 is 1.58 bits per heavy atom. The molecule has 0 spiro atoms. The molecule has 1 aliphatic heterocycles. The molecule has 5 heteroatoms. The summed E-state index contributed by atoms with van der Waals surface area (Å²) in [5, 5.41) is 3.18. The van der Waals surface area contributed by atoms with Crippen molar-refractivity contribution in [3.8, 4) is 0 Å². The molecule has 2 unspecified atom stereocenters. The van der Waals surface area contributed by atoms with Crippen molar-refractivity contribution in [2.45, 2.75) is 25.8 Å². The van der Waals surface area contributed by atoms with Gasteiger partial charge in [-0.3, -0.25) is 0 Å². The van der Waals surface area contributed by atoms with E-state index in [0.29, 0.717) is 6.04 Å². The van der Waals surface area contributed by atoms with Crippen molar-refractivity contribution in [1.82, 2.24) is 5.32 Å². The van der Waals surface area contributed by atoms with Crippen molar-refractivity contribution < 1.29 is 12.3 Å². The minimum Gasteiger partial charge on any atom is -0.314 e. The first-order valence-corrected chi connectivity index (χ1v) is 5.68. The summed E-state index contributed by atoms with van der Waals surface area (Å²) in [4.78, 5) is 0. The van der Waals surface area contributed by atoms with Gasteiger partial charge in [0.25, 0.3) is 0 Å². The number of halogens is 1. The van der Waals surface area contributed by atoms with Crippen LogP contribution in [-0.2, 0) is 10.2 Å². The van der Waals surface area contributed by atoms with Crippen molar-refractivity contribution in [2.24, 2.45) is 5.92 Å². The second-order valence-electron chi connectivity index (χ2n) is 3.45. The lowest BCUT2D eigenvalue weighted by Crippen LogP contribution is -2.37. The maximum Gasteiger partial charge on any atom is 0.302 e. The molecule has 72 valence electrons. The van der Waals surface area contributed by atoms with Crippen LogP contribution in [0.2, 0.25) is 0 Å². The number of nitrogens with one attached hydrogen (secondary N) is 1. The lowest BCUT2D eigenvalue weighted by Gasteiger charge is -2.26. The quantitative estimate of drug-likeness (QED) is 0.659. The van der Waals surface area contributed by atoms with E-state index in [0.717, 1.165) is 19.4 Å². The Morgan fingerprint density at radius 2 is 2.25 bits per heavy atom. The molecule has 1 aliphatic rings. The highest BCUT2D eigenvalue weighted by atomic mass is 32.3. The van der Waals surface area contributed by atoms with Gasteiger partial charge in [-0.25, -0.2) is 0 Å². The zero-order chi connectivity index (χ0) is 9.19. The first kappa shape index (κ1) is 9.92. The van der Waals surface area contributed by atoms with E-state index in [1.54, 1.807) is 0 Å². The summed E-state index contributed by atoms with van der Waals surface area (Å²) in [6.07, 6.45) is 1.51. The van der Waals surface area contributed by atoms with Crippen LogP contribution < -0.4 is 5.32 Å². The lowest BCUT2D eigenvalue weighted by atomic mass is 9.95. The van der Waals surface area contributed by atoms with Gasteiger partial charge in [0.1, 0.15) is 0 Å². The molecule has 0 aromatic carbocycles. The molecule has 2 atom stereocenters. The van der Waals surface area contributed by atoms with Crippen LogP contribution in [0.5, 0.6) is 0 Å². The zero-order valence-electron chi connectivity index (χ0n) is 7.09. The Kier molecular flexibility index (Phi) is 3.06. The van der Waals surface area contributed by atoms with Crippen molar-refractivity contribution >= 4 is 10.2 Å². The van der Waals surface area contributed by atoms with Gasteiger partial charge < -0.3 is 5.32 Å². The molecule has 1 N–H and O–H groups in total. The summed E-state index contributed by atoms with van der Waals surface area (Å²) in [5.74, 6) is -0.310. The van der Waals surface area contributed by atoms with Gasteiger partial charge in [0.05, 0.1) is 5.75 Å². The summed E-state index contributed by atoms with van der Waals surface area (Å²) in [6, 6.07) is 0.311. The highest BCUT2D eigenvalue weighted by molar-refractivity contribution is 7.86. The standard InChI is InChI=1S/C7H14FNO2S/c1-6-4-7(2-3-9-6)5-12(8,10)11/h6-7,9H,2-5H2,1H3. The van der Waals surface area contributed by atoms with Gasteiger partial charge in [0.15, 0.2) is 0 Å². The number of hydrogen-bond acceptors (Lipinski definition) is 3. The smallest absolute Gasteiger partial charge is 0.302 e. The van der Waals surface area contributed by atoms with Crippen LogP contribution >= 0.6 is 0 Å². The van der Waals surface area contributed by atoms with E-state index in [4.69, 9.17) is 0 Å². The highest BCUT2D eigenvalue weighted by Gasteiger charge is 2.23. The van der Waals surface area contributed by atoms with Crippen LogP contribution in [0.3, 0.4) is 0 Å². The Balaban J connectivity index is 2.43. The molecule has 3 nitrogen and oxygen atoms in total. The van der Waals surface area contributed by atoms with Crippen molar-refractivity contribution in [1.29, 1.82) is 0 Å². The van der Waals surface area contributed by atoms with E-state index in [1.807, 2.05) is 6.92 Å². The van der Waals surface area contributed by atoms with Crippen LogP contribution in [0.25, 0.3) is 0 Å². The normalized spacial score (nSPS) is 31.8. The summed E-state index contributed by atoms with van der Waals surface area (Å²) < 4.78 is 32.9. The van der Waals surface area contributed by atoms with E-state index in [1.165, 1.54) is 0 Å².